The van der Waals surface area contributed by atoms with Crippen molar-refractivity contribution in [2.24, 2.45) is 0 Å². The van der Waals surface area contributed by atoms with Crippen molar-refractivity contribution in [3.05, 3.63) is 29.8 Å². The van der Waals surface area contributed by atoms with E-state index in [4.69, 9.17) is 4.74 Å². The SMILES string of the molecule is C[C@H](OC(=O)[C@@H]1CCC(=O)N1)C(=O)Nc1cc(F)ccc1F. The van der Waals surface area contributed by atoms with Gasteiger partial charge in [0.25, 0.3) is 5.91 Å². The monoisotopic (exact) mass is 312 g/mol. The molecule has 1 fully saturated rings. The van der Waals surface area contributed by atoms with E-state index in [1.165, 1.54) is 6.92 Å². The van der Waals surface area contributed by atoms with Crippen LogP contribution in [0.15, 0.2) is 18.2 Å². The third kappa shape index (κ3) is 3.78. The molecule has 0 radical (unpaired) electrons. The molecular weight excluding hydrogens is 298 g/mol. The Hall–Kier alpha value is -2.51. The molecule has 2 atom stereocenters. The molecule has 2 N–H and O–H groups in total. The molecule has 1 aromatic rings. The second-order valence-corrected chi connectivity index (χ2v) is 4.85. The Kier molecular flexibility index (Phi) is 4.69. The fraction of sp³-hybridized carbons (Fsp3) is 0.357. The minimum Gasteiger partial charge on any atom is -0.451 e. The maximum absolute atomic E-state index is 13.4. The molecule has 1 aromatic carbocycles. The Morgan fingerprint density at radius 1 is 1.41 bits per heavy atom. The molecule has 2 rings (SSSR count). The van der Waals surface area contributed by atoms with Crippen LogP contribution in [0.25, 0.3) is 0 Å². The number of carbonyl (C=O) groups excluding carboxylic acids is 3. The summed E-state index contributed by atoms with van der Waals surface area (Å²) in [6.07, 6.45) is -0.702. The van der Waals surface area contributed by atoms with Crippen LogP contribution < -0.4 is 10.6 Å². The van der Waals surface area contributed by atoms with Gasteiger partial charge in [0.1, 0.15) is 17.7 Å². The molecule has 1 aliphatic heterocycles. The molecule has 0 aliphatic carbocycles. The van der Waals surface area contributed by atoms with Gasteiger partial charge in [0.05, 0.1) is 5.69 Å². The molecule has 118 valence electrons. The summed E-state index contributed by atoms with van der Waals surface area (Å²) >= 11 is 0. The highest BCUT2D eigenvalue weighted by Gasteiger charge is 2.31. The van der Waals surface area contributed by atoms with E-state index in [1.807, 2.05) is 0 Å². The number of amides is 2. The Bertz CT molecular complexity index is 621. The van der Waals surface area contributed by atoms with Crippen LogP contribution in [-0.4, -0.2) is 29.9 Å². The molecule has 2 amide bonds. The quantitative estimate of drug-likeness (QED) is 0.816. The van der Waals surface area contributed by atoms with Crippen molar-refractivity contribution < 1.29 is 27.9 Å². The Morgan fingerprint density at radius 3 is 2.77 bits per heavy atom. The average molecular weight is 312 g/mol. The van der Waals surface area contributed by atoms with E-state index in [0.717, 1.165) is 18.2 Å². The van der Waals surface area contributed by atoms with Crippen molar-refractivity contribution in [2.75, 3.05) is 5.32 Å². The number of rotatable bonds is 4. The highest BCUT2D eigenvalue weighted by atomic mass is 19.1. The summed E-state index contributed by atoms with van der Waals surface area (Å²) in [4.78, 5) is 34.6. The first kappa shape index (κ1) is 15.9. The van der Waals surface area contributed by atoms with E-state index >= 15 is 0 Å². The highest BCUT2D eigenvalue weighted by molar-refractivity contribution is 5.96. The van der Waals surface area contributed by atoms with Crippen molar-refractivity contribution in [3.63, 3.8) is 0 Å². The van der Waals surface area contributed by atoms with Gasteiger partial charge in [-0.1, -0.05) is 0 Å². The number of nitrogens with one attached hydrogen (secondary N) is 2. The van der Waals surface area contributed by atoms with Gasteiger partial charge in [-0.05, 0) is 25.5 Å². The van der Waals surface area contributed by atoms with Gasteiger partial charge in [-0.25, -0.2) is 13.6 Å². The Labute approximate surface area is 124 Å². The van der Waals surface area contributed by atoms with Gasteiger partial charge in [-0.15, -0.1) is 0 Å². The topological polar surface area (TPSA) is 84.5 Å². The predicted octanol–water partition coefficient (Wildman–Crippen LogP) is 1.11. The molecule has 8 heteroatoms. The molecule has 0 spiro atoms. The molecule has 1 saturated heterocycles. The van der Waals surface area contributed by atoms with Crippen LogP contribution in [-0.2, 0) is 19.1 Å². The lowest BCUT2D eigenvalue weighted by Gasteiger charge is -2.16. The molecule has 0 aromatic heterocycles. The van der Waals surface area contributed by atoms with E-state index in [1.54, 1.807) is 0 Å². The normalized spacial score (nSPS) is 18.5. The largest absolute Gasteiger partial charge is 0.451 e. The maximum atomic E-state index is 13.4. The summed E-state index contributed by atoms with van der Waals surface area (Å²) in [5.41, 5.74) is -0.345. The third-order valence-corrected chi connectivity index (χ3v) is 3.13. The van der Waals surface area contributed by atoms with Crippen molar-refractivity contribution in [3.8, 4) is 0 Å². The lowest BCUT2D eigenvalue weighted by molar-refractivity contribution is -0.155. The third-order valence-electron chi connectivity index (χ3n) is 3.13. The van der Waals surface area contributed by atoms with Crippen LogP contribution in [0.4, 0.5) is 14.5 Å². The molecule has 0 saturated carbocycles. The van der Waals surface area contributed by atoms with Gasteiger partial charge in [-0.2, -0.15) is 0 Å². The van der Waals surface area contributed by atoms with E-state index in [9.17, 15) is 23.2 Å². The van der Waals surface area contributed by atoms with Gasteiger partial charge in [0, 0.05) is 12.5 Å². The number of esters is 1. The zero-order chi connectivity index (χ0) is 16.3. The number of benzene rings is 1. The zero-order valence-corrected chi connectivity index (χ0v) is 11.7. The van der Waals surface area contributed by atoms with E-state index in [0.29, 0.717) is 6.42 Å². The molecule has 1 aliphatic rings. The predicted molar refractivity (Wildman–Crippen MR) is 71.7 cm³/mol. The summed E-state index contributed by atoms with van der Waals surface area (Å²) in [5.74, 6) is -3.33. The molecule has 6 nitrogen and oxygen atoms in total. The van der Waals surface area contributed by atoms with Crippen molar-refractivity contribution in [2.45, 2.75) is 31.9 Å². The summed E-state index contributed by atoms with van der Waals surface area (Å²) < 4.78 is 31.3. The first-order valence-corrected chi connectivity index (χ1v) is 6.62. The van der Waals surface area contributed by atoms with Crippen molar-refractivity contribution in [1.82, 2.24) is 5.32 Å². The lowest BCUT2D eigenvalue weighted by atomic mass is 10.2. The highest BCUT2D eigenvalue weighted by Crippen LogP contribution is 2.16. The van der Waals surface area contributed by atoms with Gasteiger partial charge in [-0.3, -0.25) is 9.59 Å². The van der Waals surface area contributed by atoms with Crippen LogP contribution in [0.1, 0.15) is 19.8 Å². The molecule has 0 unspecified atom stereocenters. The summed E-state index contributed by atoms with van der Waals surface area (Å²) in [7, 11) is 0. The molecule has 1 heterocycles. The van der Waals surface area contributed by atoms with Crippen molar-refractivity contribution in [1.29, 1.82) is 0 Å². The Balaban J connectivity index is 1.93. The first-order valence-electron chi connectivity index (χ1n) is 6.62. The van der Waals surface area contributed by atoms with E-state index < -0.39 is 35.7 Å². The zero-order valence-electron chi connectivity index (χ0n) is 11.7. The Morgan fingerprint density at radius 2 is 2.14 bits per heavy atom. The van der Waals surface area contributed by atoms with E-state index in [-0.39, 0.29) is 18.0 Å². The van der Waals surface area contributed by atoms with Crippen LogP contribution in [0.3, 0.4) is 0 Å². The fourth-order valence-corrected chi connectivity index (χ4v) is 1.93. The fourth-order valence-electron chi connectivity index (χ4n) is 1.93. The molecule has 22 heavy (non-hydrogen) atoms. The number of halogens is 2. The van der Waals surface area contributed by atoms with Gasteiger partial charge in [0.15, 0.2) is 6.10 Å². The second kappa shape index (κ2) is 6.50. The van der Waals surface area contributed by atoms with Crippen LogP contribution in [0, 0.1) is 11.6 Å². The number of hydrogen-bond acceptors (Lipinski definition) is 4. The number of anilines is 1. The molecule has 0 bridgehead atoms. The summed E-state index contributed by atoms with van der Waals surface area (Å²) in [5, 5.41) is 4.55. The lowest BCUT2D eigenvalue weighted by Crippen LogP contribution is -2.39. The minimum atomic E-state index is -1.22. The second-order valence-electron chi connectivity index (χ2n) is 4.85. The van der Waals surface area contributed by atoms with E-state index in [2.05, 4.69) is 10.6 Å². The summed E-state index contributed by atoms with van der Waals surface area (Å²) in [6, 6.07) is 1.82. The summed E-state index contributed by atoms with van der Waals surface area (Å²) in [6.45, 7) is 1.29. The number of carbonyl (C=O) groups is 3. The number of ether oxygens (including phenoxy) is 1. The first-order chi connectivity index (χ1) is 10.4. The van der Waals surface area contributed by atoms with Gasteiger partial charge >= 0.3 is 5.97 Å². The number of hydrogen-bond donors (Lipinski definition) is 2. The van der Waals surface area contributed by atoms with Crippen LogP contribution in [0.2, 0.25) is 0 Å². The van der Waals surface area contributed by atoms with Gasteiger partial charge < -0.3 is 15.4 Å². The van der Waals surface area contributed by atoms with Gasteiger partial charge in [0.2, 0.25) is 5.91 Å². The van der Waals surface area contributed by atoms with Crippen molar-refractivity contribution >= 4 is 23.5 Å². The molecular formula is C14H14F2N2O4. The standard InChI is InChI=1S/C14H14F2N2O4/c1-7(22-14(21)10-4-5-12(19)17-10)13(20)18-11-6-8(15)2-3-9(11)16/h2-3,6-7,10H,4-5H2,1H3,(H,17,19)(H,18,20)/t7-,10-/m0/s1. The van der Waals surface area contributed by atoms with Crippen LogP contribution in [0.5, 0.6) is 0 Å². The average Bonchev–Trinajstić information content (AvgIpc) is 2.89. The maximum Gasteiger partial charge on any atom is 0.329 e. The van der Waals surface area contributed by atoms with Crippen LogP contribution >= 0.6 is 0 Å². The smallest absolute Gasteiger partial charge is 0.329 e. The minimum absolute atomic E-state index is 0.217.